The standard InChI is InChI=1S/C19H26N2O5S/c1-13(18(22)20-15-7-3-2-4-8-15)26-19(23)14-6-5-9-17(12-14)27(24,25)21-16-10-11-16/h5-6,9,12-13,15-16,21H,2-4,7-8,10-11H2,1H3,(H,20,22). The van der Waals surface area contributed by atoms with Crippen LogP contribution in [0.2, 0.25) is 0 Å². The minimum absolute atomic E-state index is 0.0168. The van der Waals surface area contributed by atoms with E-state index in [4.69, 9.17) is 4.74 Å². The van der Waals surface area contributed by atoms with E-state index >= 15 is 0 Å². The summed E-state index contributed by atoms with van der Waals surface area (Å²) in [5, 5.41) is 2.92. The van der Waals surface area contributed by atoms with Gasteiger partial charge in [0.05, 0.1) is 10.5 Å². The van der Waals surface area contributed by atoms with Crippen LogP contribution < -0.4 is 10.0 Å². The Labute approximate surface area is 159 Å². The number of hydrogen-bond donors (Lipinski definition) is 2. The van der Waals surface area contributed by atoms with Crippen LogP contribution in [0.15, 0.2) is 29.2 Å². The van der Waals surface area contributed by atoms with Crippen LogP contribution in [-0.4, -0.2) is 38.5 Å². The summed E-state index contributed by atoms with van der Waals surface area (Å²) >= 11 is 0. The van der Waals surface area contributed by atoms with Crippen LogP contribution in [0.25, 0.3) is 0 Å². The van der Waals surface area contributed by atoms with Gasteiger partial charge in [0.15, 0.2) is 6.10 Å². The SMILES string of the molecule is CC(OC(=O)c1cccc(S(=O)(=O)NC2CC2)c1)C(=O)NC1CCCCC1. The van der Waals surface area contributed by atoms with Gasteiger partial charge in [-0.2, -0.15) is 0 Å². The van der Waals surface area contributed by atoms with Gasteiger partial charge in [-0.05, 0) is 50.8 Å². The predicted octanol–water partition coefficient (Wildman–Crippen LogP) is 2.12. The van der Waals surface area contributed by atoms with E-state index < -0.39 is 22.1 Å². The molecule has 148 valence electrons. The number of hydrogen-bond acceptors (Lipinski definition) is 5. The molecule has 27 heavy (non-hydrogen) atoms. The first-order chi connectivity index (χ1) is 12.8. The summed E-state index contributed by atoms with van der Waals surface area (Å²) in [4.78, 5) is 24.6. The van der Waals surface area contributed by atoms with E-state index in [1.807, 2.05) is 0 Å². The Hall–Kier alpha value is -1.93. The second-order valence-corrected chi connectivity index (χ2v) is 9.03. The summed E-state index contributed by atoms with van der Waals surface area (Å²) < 4.78 is 32.4. The Morgan fingerprint density at radius 1 is 1.07 bits per heavy atom. The summed E-state index contributed by atoms with van der Waals surface area (Å²) in [5.41, 5.74) is 0.103. The van der Waals surface area contributed by atoms with E-state index in [-0.39, 0.29) is 28.4 Å². The molecule has 0 spiro atoms. The molecule has 3 rings (SSSR count). The van der Waals surface area contributed by atoms with Crippen LogP contribution in [0, 0.1) is 0 Å². The summed E-state index contributed by atoms with van der Waals surface area (Å²) in [6.07, 6.45) is 5.98. The van der Waals surface area contributed by atoms with Crippen molar-refractivity contribution in [3.8, 4) is 0 Å². The third kappa shape index (κ3) is 5.52. The highest BCUT2D eigenvalue weighted by Gasteiger charge is 2.29. The van der Waals surface area contributed by atoms with Gasteiger partial charge in [-0.15, -0.1) is 0 Å². The molecule has 2 N–H and O–H groups in total. The van der Waals surface area contributed by atoms with Crippen molar-refractivity contribution in [1.29, 1.82) is 0 Å². The smallest absolute Gasteiger partial charge is 0.338 e. The molecule has 7 nitrogen and oxygen atoms in total. The highest BCUT2D eigenvalue weighted by molar-refractivity contribution is 7.89. The van der Waals surface area contributed by atoms with Gasteiger partial charge >= 0.3 is 5.97 Å². The summed E-state index contributed by atoms with van der Waals surface area (Å²) in [6, 6.07) is 5.79. The number of nitrogens with one attached hydrogen (secondary N) is 2. The maximum atomic E-state index is 12.3. The summed E-state index contributed by atoms with van der Waals surface area (Å²) in [7, 11) is -3.65. The first-order valence-electron chi connectivity index (χ1n) is 9.49. The van der Waals surface area contributed by atoms with Gasteiger partial charge in [-0.1, -0.05) is 25.3 Å². The van der Waals surface area contributed by atoms with E-state index in [1.165, 1.54) is 37.6 Å². The molecule has 0 radical (unpaired) electrons. The van der Waals surface area contributed by atoms with Crippen molar-refractivity contribution in [1.82, 2.24) is 10.0 Å². The quantitative estimate of drug-likeness (QED) is 0.690. The molecule has 2 fully saturated rings. The fourth-order valence-electron chi connectivity index (χ4n) is 3.13. The number of sulfonamides is 1. The first kappa shape index (κ1) is 19.8. The van der Waals surface area contributed by atoms with E-state index in [0.717, 1.165) is 38.5 Å². The minimum atomic E-state index is -3.65. The maximum absolute atomic E-state index is 12.3. The number of esters is 1. The van der Waals surface area contributed by atoms with Crippen molar-refractivity contribution in [2.45, 2.75) is 75.0 Å². The topological polar surface area (TPSA) is 102 Å². The molecular weight excluding hydrogens is 368 g/mol. The molecule has 1 atom stereocenters. The number of rotatable bonds is 7. The second-order valence-electron chi connectivity index (χ2n) is 7.31. The number of benzene rings is 1. The average Bonchev–Trinajstić information content (AvgIpc) is 3.46. The van der Waals surface area contributed by atoms with E-state index in [1.54, 1.807) is 0 Å². The fraction of sp³-hybridized carbons (Fsp3) is 0.579. The molecule has 0 heterocycles. The minimum Gasteiger partial charge on any atom is -0.449 e. The van der Waals surface area contributed by atoms with Gasteiger partial charge in [0.1, 0.15) is 0 Å². The molecule has 0 saturated heterocycles. The fourth-order valence-corrected chi connectivity index (χ4v) is 4.48. The first-order valence-corrected chi connectivity index (χ1v) is 11.0. The average molecular weight is 394 g/mol. The van der Waals surface area contributed by atoms with Crippen LogP contribution in [-0.2, 0) is 19.6 Å². The molecule has 1 aromatic rings. The van der Waals surface area contributed by atoms with Gasteiger partial charge in [-0.3, -0.25) is 4.79 Å². The lowest BCUT2D eigenvalue weighted by molar-refractivity contribution is -0.130. The number of carbonyl (C=O) groups is 2. The molecule has 1 amide bonds. The van der Waals surface area contributed by atoms with Crippen molar-refractivity contribution in [3.63, 3.8) is 0 Å². The van der Waals surface area contributed by atoms with Crippen molar-refractivity contribution in [3.05, 3.63) is 29.8 Å². The molecule has 1 unspecified atom stereocenters. The Morgan fingerprint density at radius 2 is 1.78 bits per heavy atom. The molecule has 2 aliphatic rings. The molecule has 0 aliphatic heterocycles. The lowest BCUT2D eigenvalue weighted by Crippen LogP contribution is -2.42. The monoisotopic (exact) mass is 394 g/mol. The Morgan fingerprint density at radius 3 is 2.44 bits per heavy atom. The number of ether oxygens (including phenoxy) is 1. The summed E-state index contributed by atoms with van der Waals surface area (Å²) in [5.74, 6) is -1.04. The normalized spacial score (nSPS) is 19.3. The third-order valence-corrected chi connectivity index (χ3v) is 6.40. The van der Waals surface area contributed by atoms with Crippen LogP contribution in [0.3, 0.4) is 0 Å². The Bertz CT molecular complexity index is 798. The van der Waals surface area contributed by atoms with Crippen molar-refractivity contribution < 1.29 is 22.7 Å². The number of carbonyl (C=O) groups excluding carboxylic acids is 2. The molecule has 0 aromatic heterocycles. The second kappa shape index (κ2) is 8.39. The predicted molar refractivity (Wildman–Crippen MR) is 99.7 cm³/mol. The zero-order valence-corrected chi connectivity index (χ0v) is 16.3. The van der Waals surface area contributed by atoms with Crippen molar-refractivity contribution in [2.24, 2.45) is 0 Å². The number of amides is 1. The van der Waals surface area contributed by atoms with Crippen LogP contribution >= 0.6 is 0 Å². The van der Waals surface area contributed by atoms with Crippen LogP contribution in [0.5, 0.6) is 0 Å². The van der Waals surface area contributed by atoms with Crippen molar-refractivity contribution in [2.75, 3.05) is 0 Å². The maximum Gasteiger partial charge on any atom is 0.338 e. The van der Waals surface area contributed by atoms with E-state index in [2.05, 4.69) is 10.0 Å². The third-order valence-electron chi connectivity index (χ3n) is 4.88. The van der Waals surface area contributed by atoms with Crippen LogP contribution in [0.1, 0.15) is 62.2 Å². The zero-order chi connectivity index (χ0) is 19.4. The molecule has 8 heteroatoms. The lowest BCUT2D eigenvalue weighted by atomic mass is 9.95. The van der Waals surface area contributed by atoms with E-state index in [9.17, 15) is 18.0 Å². The molecule has 0 bridgehead atoms. The molecule has 2 saturated carbocycles. The largest absolute Gasteiger partial charge is 0.449 e. The van der Waals surface area contributed by atoms with Crippen molar-refractivity contribution >= 4 is 21.9 Å². The van der Waals surface area contributed by atoms with Crippen LogP contribution in [0.4, 0.5) is 0 Å². The van der Waals surface area contributed by atoms with Gasteiger partial charge in [0, 0.05) is 12.1 Å². The van der Waals surface area contributed by atoms with Gasteiger partial charge in [0.2, 0.25) is 10.0 Å². The summed E-state index contributed by atoms with van der Waals surface area (Å²) in [6.45, 7) is 1.52. The van der Waals surface area contributed by atoms with Gasteiger partial charge < -0.3 is 10.1 Å². The Kier molecular flexibility index (Phi) is 6.16. The molecule has 2 aliphatic carbocycles. The van der Waals surface area contributed by atoms with E-state index in [0.29, 0.717) is 0 Å². The molecular formula is C19H26N2O5S. The Balaban J connectivity index is 1.59. The molecule has 1 aromatic carbocycles. The highest BCUT2D eigenvalue weighted by Crippen LogP contribution is 2.23. The van der Waals surface area contributed by atoms with Gasteiger partial charge in [0.25, 0.3) is 5.91 Å². The highest BCUT2D eigenvalue weighted by atomic mass is 32.2. The lowest BCUT2D eigenvalue weighted by Gasteiger charge is -2.24. The zero-order valence-electron chi connectivity index (χ0n) is 15.4. The van der Waals surface area contributed by atoms with Gasteiger partial charge in [-0.25, -0.2) is 17.9 Å².